The quantitative estimate of drug-likeness (QED) is 0.654. The van der Waals surface area contributed by atoms with Crippen molar-refractivity contribution in [3.8, 4) is 0 Å². The predicted molar refractivity (Wildman–Crippen MR) is 45.8 cm³/mol. The topological polar surface area (TPSA) is 0 Å². The van der Waals surface area contributed by atoms with Gasteiger partial charge in [-0.2, -0.15) is 0 Å². The molecule has 0 saturated carbocycles. The van der Waals surface area contributed by atoms with Crippen LogP contribution in [-0.2, 0) is 6.42 Å². The van der Waals surface area contributed by atoms with E-state index >= 15 is 0 Å². The summed E-state index contributed by atoms with van der Waals surface area (Å²) >= 11 is 0. The molecule has 0 spiro atoms. The molecular weight excluding hydrogens is 158 g/mol. The van der Waals surface area contributed by atoms with Crippen molar-refractivity contribution in [3.63, 3.8) is 0 Å². The number of alkyl halides is 2. The number of rotatable bonds is 3. The van der Waals surface area contributed by atoms with Gasteiger partial charge < -0.3 is 0 Å². The highest BCUT2D eigenvalue weighted by atomic mass is 19.2. The maximum absolute atomic E-state index is 12.5. The third-order valence-electron chi connectivity index (χ3n) is 1.75. The Morgan fingerprint density at radius 1 is 1.25 bits per heavy atom. The van der Waals surface area contributed by atoms with Crippen LogP contribution in [0, 0.1) is 6.92 Å². The normalized spacial score (nSPS) is 12.9. The van der Waals surface area contributed by atoms with Crippen LogP contribution in [-0.4, -0.2) is 12.8 Å². The number of hydrogen-bond donors (Lipinski definition) is 0. The average Bonchev–Trinajstić information content (AvgIpc) is 2.09. The van der Waals surface area contributed by atoms with Crippen molar-refractivity contribution in [1.29, 1.82) is 0 Å². The van der Waals surface area contributed by atoms with E-state index in [0.717, 1.165) is 11.1 Å². The van der Waals surface area contributed by atoms with E-state index in [9.17, 15) is 8.78 Å². The molecule has 0 aliphatic heterocycles. The van der Waals surface area contributed by atoms with Crippen molar-refractivity contribution in [1.82, 2.24) is 0 Å². The molecule has 0 fully saturated rings. The molecule has 0 aliphatic carbocycles. The summed E-state index contributed by atoms with van der Waals surface area (Å²) < 4.78 is 24.3. The molecule has 2 heteroatoms. The van der Waals surface area contributed by atoms with Gasteiger partial charge in [0.25, 0.3) is 0 Å². The molecule has 1 aromatic carbocycles. The van der Waals surface area contributed by atoms with Gasteiger partial charge in [0.1, 0.15) is 12.8 Å². The van der Waals surface area contributed by atoms with Crippen molar-refractivity contribution in [3.05, 3.63) is 35.4 Å². The summed E-state index contributed by atoms with van der Waals surface area (Å²) in [4.78, 5) is 0. The molecule has 1 unspecified atom stereocenters. The van der Waals surface area contributed by atoms with Crippen LogP contribution in [0.1, 0.15) is 11.1 Å². The van der Waals surface area contributed by atoms with Crippen molar-refractivity contribution in [2.24, 2.45) is 0 Å². The summed E-state index contributed by atoms with van der Waals surface area (Å²) in [6, 6.07) is 7.47. The average molecular weight is 170 g/mol. The van der Waals surface area contributed by atoms with Crippen LogP contribution in [0.5, 0.6) is 0 Å². The highest BCUT2D eigenvalue weighted by molar-refractivity contribution is 5.21. The number of benzene rings is 1. The molecular formula is C10H12F2. The first-order chi connectivity index (χ1) is 5.72. The first kappa shape index (κ1) is 9.17. The first-order valence-electron chi connectivity index (χ1n) is 3.98. The van der Waals surface area contributed by atoms with E-state index in [4.69, 9.17) is 0 Å². The zero-order valence-electron chi connectivity index (χ0n) is 7.06. The lowest BCUT2D eigenvalue weighted by Gasteiger charge is -2.03. The molecule has 0 nitrogen and oxygen atoms in total. The smallest absolute Gasteiger partial charge is 0.132 e. The van der Waals surface area contributed by atoms with E-state index in [-0.39, 0.29) is 6.42 Å². The molecule has 0 radical (unpaired) electrons. The molecule has 12 heavy (non-hydrogen) atoms. The minimum absolute atomic E-state index is 0.177. The minimum Gasteiger partial charge on any atom is -0.248 e. The first-order valence-corrected chi connectivity index (χ1v) is 3.98. The molecule has 0 heterocycles. The zero-order valence-corrected chi connectivity index (χ0v) is 7.06. The molecule has 0 bridgehead atoms. The SMILES string of the molecule is Cc1ccc(CC(F)CF)cc1. The van der Waals surface area contributed by atoms with Gasteiger partial charge in [-0.3, -0.25) is 0 Å². The molecule has 0 saturated heterocycles. The third kappa shape index (κ3) is 2.61. The Balaban J connectivity index is 2.58. The van der Waals surface area contributed by atoms with E-state index in [0.29, 0.717) is 0 Å². The lowest BCUT2D eigenvalue weighted by molar-refractivity contribution is 0.260. The monoisotopic (exact) mass is 170 g/mol. The van der Waals surface area contributed by atoms with Gasteiger partial charge in [0.05, 0.1) is 0 Å². The Morgan fingerprint density at radius 2 is 1.83 bits per heavy atom. The Kier molecular flexibility index (Phi) is 3.20. The summed E-state index contributed by atoms with van der Waals surface area (Å²) in [6.07, 6.45) is -1.18. The molecule has 0 N–H and O–H groups in total. The summed E-state index contributed by atoms with van der Waals surface area (Å²) in [6.45, 7) is 1.07. The fraction of sp³-hybridized carbons (Fsp3) is 0.400. The molecule has 0 aliphatic rings. The van der Waals surface area contributed by atoms with Crippen LogP contribution < -0.4 is 0 Å². The maximum atomic E-state index is 12.5. The van der Waals surface area contributed by atoms with Gasteiger partial charge >= 0.3 is 0 Å². The van der Waals surface area contributed by atoms with E-state index in [1.807, 2.05) is 31.2 Å². The van der Waals surface area contributed by atoms with E-state index in [2.05, 4.69) is 0 Å². The molecule has 1 rings (SSSR count). The summed E-state index contributed by atoms with van der Waals surface area (Å²) in [5.74, 6) is 0. The fourth-order valence-corrected chi connectivity index (χ4v) is 1.03. The van der Waals surface area contributed by atoms with Crippen LogP contribution >= 0.6 is 0 Å². The Labute approximate surface area is 71.2 Å². The van der Waals surface area contributed by atoms with Crippen LogP contribution in [0.3, 0.4) is 0 Å². The minimum atomic E-state index is -1.35. The maximum Gasteiger partial charge on any atom is 0.132 e. The molecule has 1 aromatic rings. The highest BCUT2D eigenvalue weighted by Gasteiger charge is 2.05. The van der Waals surface area contributed by atoms with Gasteiger partial charge in [0.15, 0.2) is 0 Å². The Hall–Kier alpha value is -0.920. The fourth-order valence-electron chi connectivity index (χ4n) is 1.03. The second-order valence-corrected chi connectivity index (χ2v) is 2.94. The summed E-state index contributed by atoms with van der Waals surface area (Å²) in [7, 11) is 0. The standard InChI is InChI=1S/C10H12F2/c1-8-2-4-9(5-3-8)6-10(12)7-11/h2-5,10H,6-7H2,1H3. The molecule has 1 atom stereocenters. The van der Waals surface area contributed by atoms with Gasteiger partial charge in [-0.05, 0) is 12.5 Å². The number of hydrogen-bond acceptors (Lipinski definition) is 0. The van der Waals surface area contributed by atoms with Crippen molar-refractivity contribution >= 4 is 0 Å². The second-order valence-electron chi connectivity index (χ2n) is 2.94. The highest BCUT2D eigenvalue weighted by Crippen LogP contribution is 2.08. The van der Waals surface area contributed by atoms with Crippen LogP contribution in [0.4, 0.5) is 8.78 Å². The zero-order chi connectivity index (χ0) is 8.97. The van der Waals surface area contributed by atoms with Gasteiger partial charge in [-0.15, -0.1) is 0 Å². The molecule has 0 aromatic heterocycles. The largest absolute Gasteiger partial charge is 0.248 e. The predicted octanol–water partition coefficient (Wildman–Crippen LogP) is 2.85. The molecule has 0 amide bonds. The van der Waals surface area contributed by atoms with Gasteiger partial charge in [-0.25, -0.2) is 8.78 Å². The van der Waals surface area contributed by atoms with Crippen LogP contribution in [0.15, 0.2) is 24.3 Å². The van der Waals surface area contributed by atoms with Crippen LogP contribution in [0.25, 0.3) is 0 Å². The van der Waals surface area contributed by atoms with Crippen molar-refractivity contribution < 1.29 is 8.78 Å². The number of halogens is 2. The van der Waals surface area contributed by atoms with Gasteiger partial charge in [0, 0.05) is 6.42 Å². The van der Waals surface area contributed by atoms with Crippen molar-refractivity contribution in [2.75, 3.05) is 6.67 Å². The number of aryl methyl sites for hydroxylation is 1. The van der Waals surface area contributed by atoms with Gasteiger partial charge in [-0.1, -0.05) is 29.8 Å². The van der Waals surface area contributed by atoms with Crippen molar-refractivity contribution in [2.45, 2.75) is 19.5 Å². The van der Waals surface area contributed by atoms with Gasteiger partial charge in [0.2, 0.25) is 0 Å². The third-order valence-corrected chi connectivity index (χ3v) is 1.75. The summed E-state index contributed by atoms with van der Waals surface area (Å²) in [5, 5.41) is 0. The van der Waals surface area contributed by atoms with Crippen LogP contribution in [0.2, 0.25) is 0 Å². The summed E-state index contributed by atoms with van der Waals surface area (Å²) in [5.41, 5.74) is 1.99. The second kappa shape index (κ2) is 4.19. The Morgan fingerprint density at radius 3 is 2.33 bits per heavy atom. The van der Waals surface area contributed by atoms with E-state index in [1.165, 1.54) is 0 Å². The van der Waals surface area contributed by atoms with E-state index < -0.39 is 12.8 Å². The Bertz CT molecular complexity index is 228. The van der Waals surface area contributed by atoms with E-state index in [1.54, 1.807) is 0 Å². The lowest BCUT2D eigenvalue weighted by atomic mass is 10.1. The lowest BCUT2D eigenvalue weighted by Crippen LogP contribution is -2.06. The molecule has 66 valence electrons.